The first-order valence-electron chi connectivity index (χ1n) is 10.7. The summed E-state index contributed by atoms with van der Waals surface area (Å²) in [4.78, 5) is 31.8. The summed E-state index contributed by atoms with van der Waals surface area (Å²) in [6.45, 7) is 5.64. The zero-order chi connectivity index (χ0) is 24.6. The fraction of sp³-hybridized carbons (Fsp3) is 0.333. The number of hydrogen-bond donors (Lipinski definition) is 0. The molecule has 0 saturated carbocycles. The number of fused-ring (bicyclic) bond motifs is 1. The number of rotatable bonds is 6. The van der Waals surface area contributed by atoms with E-state index in [1.807, 2.05) is 20.0 Å². The van der Waals surface area contributed by atoms with Gasteiger partial charge in [-0.1, -0.05) is 17.4 Å². The van der Waals surface area contributed by atoms with E-state index in [1.54, 1.807) is 54.6 Å². The number of aromatic nitrogens is 3. The zero-order valence-electron chi connectivity index (χ0n) is 19.9. The third-order valence-electron chi connectivity index (χ3n) is 5.80. The molecule has 1 atom stereocenters. The van der Waals surface area contributed by atoms with E-state index >= 15 is 0 Å². The summed E-state index contributed by atoms with van der Waals surface area (Å²) in [6.07, 6.45) is 3.52. The van der Waals surface area contributed by atoms with Crippen LogP contribution in [0.1, 0.15) is 36.7 Å². The number of thiazole rings is 1. The monoisotopic (exact) mass is 482 g/mol. The second kappa shape index (κ2) is 9.30. The van der Waals surface area contributed by atoms with Crippen molar-refractivity contribution < 1.29 is 19.0 Å². The Kier molecular flexibility index (Phi) is 6.43. The SMILES string of the molecule is CCOC(=O)C1=C(C)N=c2sc(=Cc3cnn(C)c3C)c(=O)n2[C@@H]1c1ccc(OC)c(OC)c1. The van der Waals surface area contributed by atoms with Crippen LogP contribution in [-0.4, -0.2) is 41.1 Å². The topological polar surface area (TPSA) is 96.9 Å². The van der Waals surface area contributed by atoms with E-state index in [9.17, 15) is 9.59 Å². The molecule has 1 aliphatic rings. The van der Waals surface area contributed by atoms with E-state index in [-0.39, 0.29) is 12.2 Å². The van der Waals surface area contributed by atoms with E-state index in [0.29, 0.717) is 37.7 Å². The Hall–Kier alpha value is -3.66. The Morgan fingerprint density at radius 3 is 2.56 bits per heavy atom. The highest BCUT2D eigenvalue weighted by Crippen LogP contribution is 2.36. The summed E-state index contributed by atoms with van der Waals surface area (Å²) < 4.78 is 20.0. The second-order valence-electron chi connectivity index (χ2n) is 7.73. The molecule has 1 aliphatic heterocycles. The lowest BCUT2D eigenvalue weighted by atomic mass is 9.95. The summed E-state index contributed by atoms with van der Waals surface area (Å²) in [5.74, 6) is 0.524. The van der Waals surface area contributed by atoms with E-state index in [4.69, 9.17) is 14.2 Å². The Morgan fingerprint density at radius 2 is 1.94 bits per heavy atom. The highest BCUT2D eigenvalue weighted by molar-refractivity contribution is 7.07. The fourth-order valence-electron chi connectivity index (χ4n) is 3.93. The molecule has 0 unspecified atom stereocenters. The number of methoxy groups -OCH3 is 2. The van der Waals surface area contributed by atoms with E-state index in [2.05, 4.69) is 10.1 Å². The molecule has 0 bridgehead atoms. The van der Waals surface area contributed by atoms with Gasteiger partial charge in [0.2, 0.25) is 0 Å². The van der Waals surface area contributed by atoms with Crippen molar-refractivity contribution in [3.05, 3.63) is 72.2 Å². The predicted molar refractivity (Wildman–Crippen MR) is 128 cm³/mol. The summed E-state index contributed by atoms with van der Waals surface area (Å²) in [5, 5.41) is 4.25. The average Bonchev–Trinajstić information content (AvgIpc) is 3.30. The lowest BCUT2D eigenvalue weighted by Gasteiger charge is -2.25. The molecule has 9 nitrogen and oxygen atoms in total. The number of aryl methyl sites for hydroxylation is 1. The molecule has 178 valence electrons. The molecule has 10 heteroatoms. The molecular formula is C24H26N4O5S. The first-order valence-corrected chi connectivity index (χ1v) is 11.5. The van der Waals surface area contributed by atoms with Crippen molar-refractivity contribution in [3.8, 4) is 11.5 Å². The molecule has 3 heterocycles. The Bertz CT molecular complexity index is 1480. The molecule has 0 spiro atoms. The molecule has 0 saturated heterocycles. The Balaban J connectivity index is 1.98. The maximum atomic E-state index is 13.7. The van der Waals surface area contributed by atoms with Crippen LogP contribution in [0.3, 0.4) is 0 Å². The van der Waals surface area contributed by atoms with E-state index in [0.717, 1.165) is 11.3 Å². The molecule has 1 aromatic carbocycles. The van der Waals surface area contributed by atoms with Crippen LogP contribution in [0.5, 0.6) is 11.5 Å². The molecular weight excluding hydrogens is 456 g/mol. The van der Waals surface area contributed by atoms with Crippen LogP contribution < -0.4 is 24.4 Å². The summed E-state index contributed by atoms with van der Waals surface area (Å²) in [7, 11) is 4.94. The maximum absolute atomic E-state index is 13.7. The molecule has 0 amide bonds. The van der Waals surface area contributed by atoms with Gasteiger partial charge in [-0.2, -0.15) is 5.10 Å². The van der Waals surface area contributed by atoms with Gasteiger partial charge in [-0.25, -0.2) is 9.79 Å². The highest BCUT2D eigenvalue weighted by Gasteiger charge is 2.34. The highest BCUT2D eigenvalue weighted by atomic mass is 32.1. The molecule has 34 heavy (non-hydrogen) atoms. The number of nitrogens with zero attached hydrogens (tertiary/aromatic N) is 4. The predicted octanol–water partition coefficient (Wildman–Crippen LogP) is 1.86. The van der Waals surface area contributed by atoms with Gasteiger partial charge in [-0.3, -0.25) is 14.0 Å². The van der Waals surface area contributed by atoms with Crippen molar-refractivity contribution in [1.82, 2.24) is 14.3 Å². The average molecular weight is 483 g/mol. The molecule has 2 aromatic heterocycles. The largest absolute Gasteiger partial charge is 0.493 e. The lowest BCUT2D eigenvalue weighted by molar-refractivity contribution is -0.139. The van der Waals surface area contributed by atoms with Crippen LogP contribution in [0.2, 0.25) is 0 Å². The van der Waals surface area contributed by atoms with Crippen molar-refractivity contribution in [3.63, 3.8) is 0 Å². The van der Waals surface area contributed by atoms with Crippen LogP contribution >= 0.6 is 11.3 Å². The van der Waals surface area contributed by atoms with Gasteiger partial charge in [0.25, 0.3) is 5.56 Å². The van der Waals surface area contributed by atoms with Crippen LogP contribution in [0, 0.1) is 6.92 Å². The molecule has 0 aliphatic carbocycles. The minimum Gasteiger partial charge on any atom is -0.493 e. The van der Waals surface area contributed by atoms with Crippen LogP contribution in [0.15, 0.2) is 45.5 Å². The van der Waals surface area contributed by atoms with Gasteiger partial charge in [0, 0.05) is 18.3 Å². The quantitative estimate of drug-likeness (QED) is 0.498. The number of allylic oxidation sites excluding steroid dienone is 1. The number of benzene rings is 1. The van der Waals surface area contributed by atoms with E-state index in [1.165, 1.54) is 18.4 Å². The van der Waals surface area contributed by atoms with Crippen molar-refractivity contribution >= 4 is 23.4 Å². The minimum absolute atomic E-state index is 0.207. The van der Waals surface area contributed by atoms with Crippen LogP contribution in [0.25, 0.3) is 6.08 Å². The fourth-order valence-corrected chi connectivity index (χ4v) is 4.97. The lowest BCUT2D eigenvalue weighted by Crippen LogP contribution is -2.40. The van der Waals surface area contributed by atoms with Gasteiger partial charge < -0.3 is 14.2 Å². The van der Waals surface area contributed by atoms with Gasteiger partial charge in [0.05, 0.1) is 48.9 Å². The number of carbonyl (C=O) groups is 1. The third kappa shape index (κ3) is 3.94. The summed E-state index contributed by atoms with van der Waals surface area (Å²) in [5.41, 5.74) is 3.03. The second-order valence-corrected chi connectivity index (χ2v) is 8.73. The number of esters is 1. The van der Waals surface area contributed by atoms with Gasteiger partial charge in [0.1, 0.15) is 0 Å². The van der Waals surface area contributed by atoms with Crippen molar-refractivity contribution in [2.24, 2.45) is 12.0 Å². The van der Waals surface area contributed by atoms with Crippen LogP contribution in [0.4, 0.5) is 0 Å². The molecule has 4 rings (SSSR count). The van der Waals surface area contributed by atoms with Gasteiger partial charge in [0.15, 0.2) is 16.3 Å². The normalized spacial score (nSPS) is 15.7. The molecule has 0 N–H and O–H groups in total. The minimum atomic E-state index is -0.729. The first-order chi connectivity index (χ1) is 16.3. The van der Waals surface area contributed by atoms with Gasteiger partial charge in [-0.15, -0.1) is 0 Å². The van der Waals surface area contributed by atoms with Crippen molar-refractivity contribution in [1.29, 1.82) is 0 Å². The standard InChI is InChI=1S/C24H26N4O5S/c1-7-33-23(30)20-13(2)26-24-28(21(20)15-8-9-17(31-5)18(10-15)32-6)22(29)19(34-24)11-16-12-25-27(4)14(16)3/h8-12,21H,7H2,1-6H3/t21-/m1/s1. The van der Waals surface area contributed by atoms with Gasteiger partial charge in [-0.05, 0) is 44.5 Å². The van der Waals surface area contributed by atoms with Crippen molar-refractivity contribution in [2.75, 3.05) is 20.8 Å². The summed E-state index contributed by atoms with van der Waals surface area (Å²) >= 11 is 1.27. The molecule has 3 aromatic rings. The summed E-state index contributed by atoms with van der Waals surface area (Å²) in [6, 6.07) is 4.60. The van der Waals surface area contributed by atoms with E-state index < -0.39 is 12.0 Å². The maximum Gasteiger partial charge on any atom is 0.338 e. The molecule has 0 fully saturated rings. The third-order valence-corrected chi connectivity index (χ3v) is 6.78. The first kappa shape index (κ1) is 23.5. The number of carbonyl (C=O) groups excluding carboxylic acids is 1. The number of ether oxygens (including phenoxy) is 3. The Labute approximate surface area is 200 Å². The number of hydrogen-bond acceptors (Lipinski definition) is 8. The van der Waals surface area contributed by atoms with Crippen molar-refractivity contribution in [2.45, 2.75) is 26.8 Å². The van der Waals surface area contributed by atoms with Gasteiger partial charge >= 0.3 is 5.97 Å². The smallest absolute Gasteiger partial charge is 0.338 e. The zero-order valence-corrected chi connectivity index (χ0v) is 20.7. The van der Waals surface area contributed by atoms with Crippen LogP contribution in [-0.2, 0) is 16.6 Å². The Morgan fingerprint density at radius 1 is 1.21 bits per heavy atom. The molecule has 0 radical (unpaired) electrons.